The van der Waals surface area contributed by atoms with Crippen LogP contribution >= 0.6 is 11.8 Å². The Bertz CT molecular complexity index is 1190. The smallest absolute Gasteiger partial charge is 0.416 e. The van der Waals surface area contributed by atoms with E-state index in [-0.39, 0.29) is 48.7 Å². The number of anilines is 2. The Morgan fingerprint density at radius 3 is 2.38 bits per heavy atom. The number of hydrogen-bond donors (Lipinski definition) is 2. The SMILES string of the molecule is CCCSc1nc(NC2CCC(OCCO)C2)c([N+](=O)[O-])c(N(C(=O)OC(C)(C)C)C2CC2)n1.Fc1ccccc1F. The summed E-state index contributed by atoms with van der Waals surface area (Å²) in [5, 5.41) is 24.9. The van der Waals surface area contributed by atoms with Crippen molar-refractivity contribution in [2.75, 3.05) is 29.2 Å². The fourth-order valence-corrected chi connectivity index (χ4v) is 4.94. The molecule has 0 radical (unpaired) electrons. The molecule has 232 valence electrons. The Labute approximate surface area is 248 Å². The van der Waals surface area contributed by atoms with Crippen molar-refractivity contribution in [3.8, 4) is 0 Å². The number of rotatable bonds is 11. The molecule has 1 aromatic carbocycles. The third kappa shape index (κ3) is 10.0. The van der Waals surface area contributed by atoms with Crippen molar-refractivity contribution >= 4 is 35.2 Å². The second-order valence-corrected chi connectivity index (χ2v) is 12.1. The number of aliphatic hydroxyl groups is 1. The lowest BCUT2D eigenvalue weighted by Crippen LogP contribution is -2.39. The first-order chi connectivity index (χ1) is 19.9. The van der Waals surface area contributed by atoms with Crippen molar-refractivity contribution in [2.24, 2.45) is 0 Å². The number of aromatic nitrogens is 2. The molecule has 2 unspecified atom stereocenters. The van der Waals surface area contributed by atoms with E-state index in [0.717, 1.165) is 50.0 Å². The van der Waals surface area contributed by atoms with Gasteiger partial charge < -0.3 is 19.9 Å². The summed E-state index contributed by atoms with van der Waals surface area (Å²) in [4.78, 5) is 35.1. The van der Waals surface area contributed by atoms with Crippen LogP contribution in [0, 0.1) is 21.7 Å². The van der Waals surface area contributed by atoms with E-state index < -0.39 is 28.3 Å². The molecule has 1 amide bonds. The van der Waals surface area contributed by atoms with Crippen LogP contribution in [0.3, 0.4) is 0 Å². The summed E-state index contributed by atoms with van der Waals surface area (Å²) in [6, 6.07) is 4.77. The predicted octanol–water partition coefficient (Wildman–Crippen LogP) is 6.10. The number of benzene rings is 1. The molecule has 2 aromatic rings. The van der Waals surface area contributed by atoms with Crippen LogP contribution < -0.4 is 10.2 Å². The van der Waals surface area contributed by atoms with E-state index in [1.165, 1.54) is 28.8 Å². The highest BCUT2D eigenvalue weighted by molar-refractivity contribution is 7.99. The first-order valence-corrected chi connectivity index (χ1v) is 15.0. The maximum Gasteiger partial charge on any atom is 0.416 e. The number of halogens is 2. The largest absolute Gasteiger partial charge is 0.443 e. The number of thioether (sulfide) groups is 1. The van der Waals surface area contributed by atoms with Gasteiger partial charge in [-0.2, -0.15) is 9.97 Å². The van der Waals surface area contributed by atoms with E-state index in [9.17, 15) is 23.7 Å². The quantitative estimate of drug-likeness (QED) is 0.133. The molecule has 2 fully saturated rings. The standard InChI is InChI=1S/C22H35N5O6S.C6H4F2/c1-5-12-34-20-24-18(23-14-6-9-16(13-14)32-11-10-28)17(27(30)31)19(25-20)26(15-7-8-15)21(29)33-22(2,3)4;7-5-3-1-2-4-6(5)8/h14-16,28H,5-13H2,1-4H3,(H,23,24,25);1-4H. The Morgan fingerprint density at radius 1 is 1.19 bits per heavy atom. The lowest BCUT2D eigenvalue weighted by molar-refractivity contribution is -0.383. The van der Waals surface area contributed by atoms with E-state index in [1.807, 2.05) is 6.92 Å². The van der Waals surface area contributed by atoms with Crippen molar-refractivity contribution < 1.29 is 33.1 Å². The van der Waals surface area contributed by atoms with Crippen molar-refractivity contribution in [3.05, 3.63) is 46.0 Å². The van der Waals surface area contributed by atoms with E-state index in [4.69, 9.17) is 14.6 Å². The molecule has 4 rings (SSSR count). The topological polar surface area (TPSA) is 140 Å². The zero-order valence-corrected chi connectivity index (χ0v) is 25.2. The zero-order chi connectivity index (χ0) is 30.9. The minimum Gasteiger partial charge on any atom is -0.443 e. The second kappa shape index (κ2) is 15.4. The summed E-state index contributed by atoms with van der Waals surface area (Å²) in [5.74, 6) is -0.771. The number of nitrogens with zero attached hydrogens (tertiary/aromatic N) is 4. The van der Waals surface area contributed by atoms with E-state index >= 15 is 0 Å². The van der Waals surface area contributed by atoms with Crippen LogP contribution in [-0.2, 0) is 9.47 Å². The van der Waals surface area contributed by atoms with Crippen molar-refractivity contribution in [3.63, 3.8) is 0 Å². The summed E-state index contributed by atoms with van der Waals surface area (Å²) in [5.41, 5.74) is -1.07. The van der Waals surface area contributed by atoms with Crippen LogP contribution in [0.25, 0.3) is 0 Å². The van der Waals surface area contributed by atoms with Gasteiger partial charge in [-0.05, 0) is 71.4 Å². The van der Waals surface area contributed by atoms with Crippen LogP contribution in [0.15, 0.2) is 29.4 Å². The minimum absolute atomic E-state index is 0.0241. The zero-order valence-electron chi connectivity index (χ0n) is 24.3. The molecule has 1 aromatic heterocycles. The van der Waals surface area contributed by atoms with Crippen LogP contribution in [0.5, 0.6) is 0 Å². The molecular weight excluding hydrogens is 572 g/mol. The van der Waals surface area contributed by atoms with Crippen molar-refractivity contribution in [1.29, 1.82) is 0 Å². The van der Waals surface area contributed by atoms with Crippen molar-refractivity contribution in [2.45, 2.75) is 95.2 Å². The number of hydrogen-bond acceptors (Lipinski definition) is 10. The molecule has 11 nitrogen and oxygen atoms in total. The third-order valence-electron chi connectivity index (χ3n) is 6.19. The Hall–Kier alpha value is -3.10. The Kier molecular flexibility index (Phi) is 12.2. The molecule has 2 aliphatic carbocycles. The van der Waals surface area contributed by atoms with E-state index in [2.05, 4.69) is 15.3 Å². The summed E-state index contributed by atoms with van der Waals surface area (Å²) in [6.07, 6.45) is 3.85. The maximum atomic E-state index is 13.1. The summed E-state index contributed by atoms with van der Waals surface area (Å²) in [6.45, 7) is 7.52. The Balaban J connectivity index is 0.000000521. The molecule has 0 aliphatic heterocycles. The monoisotopic (exact) mass is 611 g/mol. The molecule has 1 heterocycles. The molecule has 2 atom stereocenters. The lowest BCUT2D eigenvalue weighted by atomic mass is 10.2. The molecule has 0 spiro atoms. The number of nitrogens with one attached hydrogen (secondary N) is 1. The highest BCUT2D eigenvalue weighted by atomic mass is 32.2. The van der Waals surface area contributed by atoms with Crippen molar-refractivity contribution in [1.82, 2.24) is 9.97 Å². The first-order valence-electron chi connectivity index (χ1n) is 14.0. The number of ether oxygens (including phenoxy) is 2. The van der Waals surface area contributed by atoms with E-state index in [1.54, 1.807) is 20.8 Å². The van der Waals surface area contributed by atoms with Gasteiger partial charge in [0.05, 0.1) is 24.2 Å². The molecule has 0 saturated heterocycles. The van der Waals surface area contributed by atoms with Gasteiger partial charge in [-0.1, -0.05) is 30.8 Å². The molecule has 42 heavy (non-hydrogen) atoms. The fourth-order valence-electron chi connectivity index (χ4n) is 4.24. The van der Waals surface area contributed by atoms with Gasteiger partial charge in [0, 0.05) is 17.8 Å². The number of amides is 1. The lowest BCUT2D eigenvalue weighted by Gasteiger charge is -2.27. The fraction of sp³-hybridized carbons (Fsp3) is 0.607. The van der Waals surface area contributed by atoms with Gasteiger partial charge in [0.25, 0.3) is 0 Å². The molecule has 14 heteroatoms. The second-order valence-electron chi connectivity index (χ2n) is 11.0. The summed E-state index contributed by atoms with van der Waals surface area (Å²) < 4.78 is 35.1. The molecule has 0 bridgehead atoms. The van der Waals surface area contributed by atoms with Gasteiger partial charge >= 0.3 is 11.8 Å². The third-order valence-corrected chi connectivity index (χ3v) is 7.24. The first kappa shape index (κ1) is 33.4. The number of aliphatic hydroxyl groups excluding tert-OH is 1. The number of nitro groups is 1. The van der Waals surface area contributed by atoms with Gasteiger partial charge in [-0.3, -0.25) is 15.0 Å². The minimum atomic E-state index is -0.799. The molecular formula is C28H39F2N5O6S. The summed E-state index contributed by atoms with van der Waals surface area (Å²) >= 11 is 1.40. The summed E-state index contributed by atoms with van der Waals surface area (Å²) in [7, 11) is 0. The van der Waals surface area contributed by atoms with Gasteiger partial charge in [0.15, 0.2) is 16.8 Å². The molecule has 2 N–H and O–H groups in total. The molecule has 2 saturated carbocycles. The van der Waals surface area contributed by atoms with E-state index in [0.29, 0.717) is 11.6 Å². The normalized spacial score (nSPS) is 18.2. The molecule has 2 aliphatic rings. The van der Waals surface area contributed by atoms with Crippen LogP contribution in [-0.4, -0.2) is 68.8 Å². The van der Waals surface area contributed by atoms with Gasteiger partial charge in [0.2, 0.25) is 11.6 Å². The van der Waals surface area contributed by atoms with Gasteiger partial charge in [-0.15, -0.1) is 0 Å². The van der Waals surface area contributed by atoms with Gasteiger partial charge in [0.1, 0.15) is 5.60 Å². The van der Waals surface area contributed by atoms with Crippen LogP contribution in [0.2, 0.25) is 0 Å². The average Bonchev–Trinajstić information content (AvgIpc) is 3.64. The number of carbonyl (C=O) groups excluding carboxylic acids is 1. The van der Waals surface area contributed by atoms with Crippen LogP contribution in [0.1, 0.15) is 66.2 Å². The Morgan fingerprint density at radius 2 is 1.86 bits per heavy atom. The predicted molar refractivity (Wildman–Crippen MR) is 156 cm³/mol. The highest BCUT2D eigenvalue weighted by Gasteiger charge is 2.43. The average molecular weight is 612 g/mol. The number of carbonyl (C=O) groups is 1. The maximum absolute atomic E-state index is 13.1. The van der Waals surface area contributed by atoms with Gasteiger partial charge in [-0.25, -0.2) is 13.6 Å². The highest BCUT2D eigenvalue weighted by Crippen LogP contribution is 2.41. The van der Waals surface area contributed by atoms with Crippen LogP contribution in [0.4, 0.5) is 30.9 Å².